The van der Waals surface area contributed by atoms with Crippen molar-refractivity contribution in [2.45, 2.75) is 12.6 Å². The second-order valence-corrected chi connectivity index (χ2v) is 4.92. The molecule has 0 radical (unpaired) electrons. The van der Waals surface area contributed by atoms with E-state index in [1.807, 2.05) is 0 Å². The number of alkyl halides is 3. The Labute approximate surface area is 80.4 Å². The van der Waals surface area contributed by atoms with E-state index in [0.29, 0.717) is 4.31 Å². The van der Waals surface area contributed by atoms with Crippen LogP contribution in [0.3, 0.4) is 0 Å². The Bertz CT molecular complexity index is 262. The van der Waals surface area contributed by atoms with Gasteiger partial charge in [0.05, 0.1) is 18.8 Å². The highest BCUT2D eigenvalue weighted by molar-refractivity contribution is 7.89. The summed E-state index contributed by atoms with van der Waals surface area (Å²) in [6.07, 6.45) is -5.56. The van der Waals surface area contributed by atoms with Crippen LogP contribution >= 0.6 is 0 Å². The normalized spacial score (nSPS) is 13.6. The predicted octanol–water partition coefficient (Wildman–Crippen LogP) is 0.193. The smallest absolute Gasteiger partial charge is 0.390 e. The van der Waals surface area contributed by atoms with Crippen LogP contribution in [0.4, 0.5) is 13.2 Å². The first-order valence-corrected chi connectivity index (χ1v) is 5.41. The summed E-state index contributed by atoms with van der Waals surface area (Å²) in [5.74, 6) is -0.554. The molecule has 0 aromatic heterocycles. The molecule has 0 fully saturated rings. The van der Waals surface area contributed by atoms with E-state index < -0.39 is 41.5 Å². The lowest BCUT2D eigenvalue weighted by Gasteiger charge is -2.17. The minimum absolute atomic E-state index is 0.554. The van der Waals surface area contributed by atoms with Crippen molar-refractivity contribution in [1.29, 1.82) is 0 Å². The van der Waals surface area contributed by atoms with Gasteiger partial charge in [-0.15, -0.1) is 0 Å². The van der Waals surface area contributed by atoms with Crippen LogP contribution < -0.4 is 0 Å². The molecular weight excluding hydrogens is 223 g/mol. The van der Waals surface area contributed by atoms with E-state index in [1.54, 1.807) is 0 Å². The van der Waals surface area contributed by atoms with Crippen LogP contribution in [0.15, 0.2) is 0 Å². The third-order valence-electron chi connectivity index (χ3n) is 1.53. The zero-order valence-corrected chi connectivity index (χ0v) is 8.40. The molecule has 0 saturated carbocycles. The van der Waals surface area contributed by atoms with Crippen molar-refractivity contribution >= 4 is 10.0 Å². The van der Waals surface area contributed by atoms with E-state index in [1.165, 1.54) is 0 Å². The van der Waals surface area contributed by atoms with Crippen molar-refractivity contribution in [3.63, 3.8) is 0 Å². The largest absolute Gasteiger partial charge is 0.395 e. The predicted molar refractivity (Wildman–Crippen MR) is 44.2 cm³/mol. The molecule has 0 aliphatic carbocycles. The first-order valence-electron chi connectivity index (χ1n) is 3.80. The highest BCUT2D eigenvalue weighted by Gasteiger charge is 2.29. The van der Waals surface area contributed by atoms with Crippen molar-refractivity contribution in [2.75, 3.05) is 26.0 Å². The zero-order chi connectivity index (χ0) is 11.4. The minimum atomic E-state index is -4.37. The molecule has 0 heterocycles. The first-order chi connectivity index (χ1) is 6.19. The highest BCUT2D eigenvalue weighted by atomic mass is 32.2. The lowest BCUT2D eigenvalue weighted by Crippen LogP contribution is -2.33. The highest BCUT2D eigenvalue weighted by Crippen LogP contribution is 2.20. The van der Waals surface area contributed by atoms with Crippen molar-refractivity contribution in [3.8, 4) is 0 Å². The molecule has 0 aromatic rings. The SMILES string of the molecule is CN(CCC(F)(F)F)S(=O)(=O)CCO. The van der Waals surface area contributed by atoms with Gasteiger partial charge in [-0.25, -0.2) is 12.7 Å². The molecule has 8 heteroatoms. The van der Waals surface area contributed by atoms with E-state index in [2.05, 4.69) is 0 Å². The third-order valence-corrected chi connectivity index (χ3v) is 3.37. The standard InChI is InChI=1S/C6H12F3NO3S/c1-10(3-2-6(7,8)9)14(12,13)5-4-11/h11H,2-5H2,1H3. The molecule has 0 aliphatic heterocycles. The van der Waals surface area contributed by atoms with Gasteiger partial charge >= 0.3 is 6.18 Å². The van der Waals surface area contributed by atoms with E-state index in [-0.39, 0.29) is 0 Å². The Morgan fingerprint density at radius 1 is 1.36 bits per heavy atom. The summed E-state index contributed by atoms with van der Waals surface area (Å²) < 4.78 is 57.8. The Kier molecular flexibility index (Phi) is 4.82. The Hall–Kier alpha value is -0.340. The number of halogens is 3. The summed E-state index contributed by atoms with van der Waals surface area (Å²) >= 11 is 0. The monoisotopic (exact) mass is 235 g/mol. The van der Waals surface area contributed by atoms with Crippen molar-refractivity contribution in [1.82, 2.24) is 4.31 Å². The molecule has 1 N–H and O–H groups in total. The van der Waals surface area contributed by atoms with Gasteiger partial charge in [-0.3, -0.25) is 0 Å². The van der Waals surface area contributed by atoms with Gasteiger partial charge < -0.3 is 5.11 Å². The van der Waals surface area contributed by atoms with Crippen molar-refractivity contribution < 1.29 is 26.7 Å². The number of nitrogens with zero attached hydrogens (tertiary/aromatic N) is 1. The lowest BCUT2D eigenvalue weighted by molar-refractivity contribution is -0.135. The van der Waals surface area contributed by atoms with Crippen LogP contribution in [0.25, 0.3) is 0 Å². The maximum Gasteiger partial charge on any atom is 0.390 e. The molecule has 4 nitrogen and oxygen atoms in total. The summed E-state index contributed by atoms with van der Waals surface area (Å²) in [6, 6.07) is 0. The molecule has 0 atom stereocenters. The number of sulfonamides is 1. The van der Waals surface area contributed by atoms with Crippen LogP contribution in [-0.4, -0.2) is 50.0 Å². The lowest BCUT2D eigenvalue weighted by atomic mass is 10.4. The molecule has 0 spiro atoms. The average Bonchev–Trinajstić information content (AvgIpc) is 1.98. The second-order valence-electron chi connectivity index (χ2n) is 2.73. The number of hydrogen-bond acceptors (Lipinski definition) is 3. The van der Waals surface area contributed by atoms with E-state index >= 15 is 0 Å². The summed E-state index contributed by atoms with van der Waals surface area (Å²) in [5, 5.41) is 8.35. The summed E-state index contributed by atoms with van der Waals surface area (Å²) in [7, 11) is -2.70. The van der Waals surface area contributed by atoms with Gasteiger partial charge in [0.1, 0.15) is 0 Å². The number of aliphatic hydroxyl groups is 1. The molecular formula is C6H12F3NO3S. The van der Waals surface area contributed by atoms with Crippen molar-refractivity contribution in [3.05, 3.63) is 0 Å². The molecule has 0 rings (SSSR count). The first kappa shape index (κ1) is 13.7. The summed E-state index contributed by atoms with van der Waals surface area (Å²) in [4.78, 5) is 0. The molecule has 0 unspecified atom stereocenters. The quantitative estimate of drug-likeness (QED) is 0.740. The van der Waals surface area contributed by atoms with Crippen molar-refractivity contribution in [2.24, 2.45) is 0 Å². The Morgan fingerprint density at radius 3 is 2.21 bits per heavy atom. The van der Waals surface area contributed by atoms with E-state index in [9.17, 15) is 21.6 Å². The molecule has 0 saturated heterocycles. The molecule has 0 amide bonds. The molecule has 0 aliphatic rings. The van der Waals surface area contributed by atoms with E-state index in [4.69, 9.17) is 5.11 Å². The molecule has 0 bridgehead atoms. The maximum atomic E-state index is 11.7. The van der Waals surface area contributed by atoms with Crippen LogP contribution in [0.5, 0.6) is 0 Å². The fourth-order valence-corrected chi connectivity index (χ4v) is 1.61. The van der Waals surface area contributed by atoms with Crippen LogP contribution in [0.2, 0.25) is 0 Å². The second kappa shape index (κ2) is 4.94. The number of rotatable bonds is 5. The topological polar surface area (TPSA) is 57.6 Å². The minimum Gasteiger partial charge on any atom is -0.395 e. The summed E-state index contributed by atoms with van der Waals surface area (Å²) in [6.45, 7) is -1.22. The van der Waals surface area contributed by atoms with Crippen LogP contribution in [-0.2, 0) is 10.0 Å². The average molecular weight is 235 g/mol. The molecule has 0 aromatic carbocycles. The molecule has 86 valence electrons. The van der Waals surface area contributed by atoms with Crippen LogP contribution in [0, 0.1) is 0 Å². The van der Waals surface area contributed by atoms with Crippen LogP contribution in [0.1, 0.15) is 6.42 Å². The fraction of sp³-hybridized carbons (Fsp3) is 1.00. The van der Waals surface area contributed by atoms with E-state index in [0.717, 1.165) is 7.05 Å². The third kappa shape index (κ3) is 5.40. The fourth-order valence-electron chi connectivity index (χ4n) is 0.695. The number of aliphatic hydroxyl groups excluding tert-OH is 1. The maximum absolute atomic E-state index is 11.7. The van der Waals surface area contributed by atoms with Gasteiger partial charge in [-0.05, 0) is 0 Å². The van der Waals surface area contributed by atoms with Gasteiger partial charge in [0.25, 0.3) is 0 Å². The number of hydrogen-bond donors (Lipinski definition) is 1. The summed E-state index contributed by atoms with van der Waals surface area (Å²) in [5.41, 5.74) is 0. The Morgan fingerprint density at radius 2 is 1.86 bits per heavy atom. The Balaban J connectivity index is 4.15. The van der Waals surface area contributed by atoms with Gasteiger partial charge in [0.15, 0.2) is 0 Å². The zero-order valence-electron chi connectivity index (χ0n) is 7.58. The van der Waals surface area contributed by atoms with Gasteiger partial charge in [-0.2, -0.15) is 13.2 Å². The van der Waals surface area contributed by atoms with Gasteiger partial charge in [0.2, 0.25) is 10.0 Å². The molecule has 14 heavy (non-hydrogen) atoms. The van der Waals surface area contributed by atoms with Gasteiger partial charge in [0, 0.05) is 13.6 Å². The van der Waals surface area contributed by atoms with Gasteiger partial charge in [-0.1, -0.05) is 0 Å².